The molecular formula is C89H142N14O19P4. The molecule has 33 nitrogen and oxygen atoms in total. The van der Waals surface area contributed by atoms with Crippen molar-refractivity contribution >= 4 is 94.4 Å². The third-order valence-electron chi connectivity index (χ3n) is 22.4. The van der Waals surface area contributed by atoms with Crippen LogP contribution in [0.3, 0.4) is 0 Å². The molecule has 9 aliphatic rings. The van der Waals surface area contributed by atoms with E-state index >= 15 is 0 Å². The molecule has 0 saturated carbocycles. The van der Waals surface area contributed by atoms with Crippen molar-refractivity contribution < 1.29 is 93.9 Å². The second-order valence-electron chi connectivity index (χ2n) is 35.8. The summed E-state index contributed by atoms with van der Waals surface area (Å²) in [6.07, 6.45) is 22.0. The van der Waals surface area contributed by atoms with Crippen molar-refractivity contribution in [2.75, 3.05) is 104 Å². The molecule has 8 heterocycles. The van der Waals surface area contributed by atoms with Crippen LogP contribution < -0.4 is 33.6 Å². The monoisotopic (exact) mass is 1830 g/mol. The highest BCUT2D eigenvalue weighted by Gasteiger charge is 2.51. The van der Waals surface area contributed by atoms with Gasteiger partial charge in [-0.25, -0.2) is 14.8 Å². The molecule has 0 aromatic heterocycles. The number of rotatable bonds is 32. The Labute approximate surface area is 744 Å². The number of aliphatic carboxylic acids is 1. The number of amidine groups is 2. The van der Waals surface area contributed by atoms with Gasteiger partial charge in [-0.1, -0.05) is 102 Å². The zero-order chi connectivity index (χ0) is 92.3. The first kappa shape index (κ1) is 106. The molecule has 0 bridgehead atoms. The number of guanidine groups is 2. The van der Waals surface area contributed by atoms with E-state index < -0.39 is 162 Å². The van der Waals surface area contributed by atoms with Crippen molar-refractivity contribution in [2.24, 2.45) is 54.7 Å². The Balaban J connectivity index is 0.000000241. The van der Waals surface area contributed by atoms with E-state index in [0.717, 1.165) is 59.7 Å². The van der Waals surface area contributed by atoms with E-state index in [1.54, 1.807) is 77.3 Å². The molecule has 702 valence electrons. The Morgan fingerprint density at radius 1 is 0.556 bits per heavy atom. The highest BCUT2D eigenvalue weighted by molar-refractivity contribution is 7.73. The fourth-order valence-corrected chi connectivity index (χ4v) is 18.9. The first-order valence-electron chi connectivity index (χ1n) is 42.4. The number of aliphatic hydroxyl groups is 9. The number of aliphatic imine (C=N–C) groups is 4. The van der Waals surface area contributed by atoms with Gasteiger partial charge in [-0.15, -0.1) is 58.7 Å². The summed E-state index contributed by atoms with van der Waals surface area (Å²) in [7, 11) is 0. The van der Waals surface area contributed by atoms with Gasteiger partial charge in [-0.3, -0.25) is 29.4 Å². The fraction of sp³-hybridized carbons (Fsp3) is 0.584. The highest BCUT2D eigenvalue weighted by Crippen LogP contribution is 2.46. The van der Waals surface area contributed by atoms with Gasteiger partial charge in [-0.2, -0.15) is 0 Å². The van der Waals surface area contributed by atoms with E-state index in [1.807, 2.05) is 36.4 Å². The zero-order valence-corrected chi connectivity index (χ0v) is 77.8. The number of nitrogens with zero attached hydrogens (tertiary/aromatic N) is 8. The predicted octanol–water partition coefficient (Wildman–Crippen LogP) is 5.54. The van der Waals surface area contributed by atoms with Crippen molar-refractivity contribution in [1.82, 2.24) is 30.2 Å². The summed E-state index contributed by atoms with van der Waals surface area (Å²) < 4.78 is 34.3. The van der Waals surface area contributed by atoms with Gasteiger partial charge in [0.2, 0.25) is 11.9 Å². The molecule has 20 N–H and O–H groups in total. The van der Waals surface area contributed by atoms with E-state index in [1.165, 1.54) is 0 Å². The number of hydrogen-bond acceptors (Lipinski definition) is 28. The standard InChI is InChI=1S/C35H47N4O7P.C20H37N4O5P.C17H26N3O3P.C16H28N3O4P.CH4/c1-22(33(42)46-35(43)44-21-27-25-14-7-5-12-23(25)24-13-6-8-15-26(24)27)11-9-10-18-37-34-38-29(36)16-19-39(34)32-31(41)30(40)28(45-32)17-20-47(2,3)4;1-13(19(27)28)7-5-6-10-22-20-23-15(21)8-11-24(20)18-17(26)16(25)14(29-18)9-12-30(2,3)4;1-6-7-12-10-20(11(2)19-16(12)18)17-15(22)14(21)13(23-17)8-9-24(3,4)5;1-10-18-15(17)11(5-7-20)9-19(10)16-14(22)13(21)12(23-16)6-8-24(2,3)4;/h5-8,12-16,19,22,27-32,40-41H,2,9-11,17-18,20-21,36H2,1,3-4H3,(H,37,38);8,11,13-18,25-26H,2,5-7,9-10,12,21H2,1,3-4H3,(H,22,23)(H,27,28);10,13-15,17,21-22H,2-3,8-9H2,1,4-5H3,(H2,18,19);9,12-14,16,20-22H,1-2,5-8H2,3-4H3,(H2,17,18);1H4/t22?,28-,29?,30-,31-,32-;13?,14-,15?,16-,17-,18-;13-,14-,15-,17-;12-,13-,14-,16-;/m1111./s1. The molecule has 20 atom stereocenters. The summed E-state index contributed by atoms with van der Waals surface area (Å²) in [5.74, 6) is 5.36. The first-order valence-corrected chi connectivity index (χ1v) is 54.6. The molecule has 8 aliphatic heterocycles. The summed E-state index contributed by atoms with van der Waals surface area (Å²) in [5.41, 5.74) is 29.2. The van der Waals surface area contributed by atoms with Crippen molar-refractivity contribution in [3.05, 3.63) is 133 Å². The first-order chi connectivity index (χ1) is 58.7. The van der Waals surface area contributed by atoms with Crippen molar-refractivity contribution in [2.45, 2.75) is 215 Å². The number of hydrogen-bond donors (Lipinski definition) is 16. The maximum absolute atomic E-state index is 12.6. The zero-order valence-electron chi connectivity index (χ0n) is 74.2. The largest absolute Gasteiger partial charge is 0.516 e. The van der Waals surface area contributed by atoms with Crippen molar-refractivity contribution in [3.63, 3.8) is 0 Å². The number of carboxylic acids is 1. The molecule has 0 spiro atoms. The normalized spacial score (nSPS) is 28.7. The Morgan fingerprint density at radius 3 is 1.29 bits per heavy atom. The third-order valence-corrected chi connectivity index (χ3v) is 28.2. The molecule has 0 amide bonds. The predicted molar refractivity (Wildman–Crippen MR) is 511 cm³/mol. The number of fused-ring (bicyclic) bond motifs is 3. The topological polar surface area (TPSA) is 499 Å². The maximum Gasteiger partial charge on any atom is 0.516 e. The molecule has 0 radical (unpaired) electrons. The molecule has 4 unspecified atom stereocenters. The Morgan fingerprint density at radius 2 is 0.921 bits per heavy atom. The third kappa shape index (κ3) is 30.0. The van der Waals surface area contributed by atoms with Crippen LogP contribution in [0, 0.1) is 23.7 Å². The molecule has 37 heteroatoms. The lowest BCUT2D eigenvalue weighted by Gasteiger charge is -2.34. The van der Waals surface area contributed by atoms with Gasteiger partial charge in [0.15, 0.2) is 24.9 Å². The lowest BCUT2D eigenvalue weighted by molar-refractivity contribution is -0.144. The van der Waals surface area contributed by atoms with Gasteiger partial charge in [-0.05, 0) is 171 Å². The van der Waals surface area contributed by atoms with E-state index in [4.69, 9.17) is 61.6 Å². The quantitative estimate of drug-likeness (QED) is 0.0141. The average molecular weight is 1840 g/mol. The lowest BCUT2D eigenvalue weighted by atomic mass is 9.98. The Hall–Kier alpha value is -7.47. The van der Waals surface area contributed by atoms with E-state index in [0.29, 0.717) is 111 Å². The molecule has 126 heavy (non-hydrogen) atoms. The van der Waals surface area contributed by atoms with Crippen LogP contribution in [-0.2, 0) is 38.0 Å². The van der Waals surface area contributed by atoms with Crippen LogP contribution in [-0.4, -0.2) is 352 Å². The van der Waals surface area contributed by atoms with Gasteiger partial charge in [0.05, 0.1) is 54.2 Å². The molecular weight excluding hydrogens is 1690 g/mol. The summed E-state index contributed by atoms with van der Waals surface area (Å²) in [5, 5.41) is 108. The minimum atomic E-state index is -1.31. The van der Waals surface area contributed by atoms with Crippen LogP contribution in [0.25, 0.3) is 11.1 Å². The average Bonchev–Trinajstić information content (AvgIpc) is 1.62. The second kappa shape index (κ2) is 47.4. The van der Waals surface area contributed by atoms with Crippen LogP contribution in [0.4, 0.5) is 4.79 Å². The molecule has 4 saturated heterocycles. The molecule has 4 fully saturated rings. The maximum atomic E-state index is 12.6. The number of carboxylic acid groups (broad SMARTS) is 1. The smallest absolute Gasteiger partial charge is 0.481 e. The van der Waals surface area contributed by atoms with Gasteiger partial charge >= 0.3 is 18.1 Å². The summed E-state index contributed by atoms with van der Waals surface area (Å²) in [6.45, 7) is 25.7. The molecule has 2 aromatic carbocycles. The highest BCUT2D eigenvalue weighted by atomic mass is 31.2. The van der Waals surface area contributed by atoms with E-state index in [-0.39, 0.29) is 38.3 Å². The van der Waals surface area contributed by atoms with Gasteiger partial charge in [0.25, 0.3) is 0 Å². The van der Waals surface area contributed by atoms with Crippen LogP contribution in [0.5, 0.6) is 0 Å². The molecule has 11 rings (SSSR count). The SMILES string of the molecule is C.C=C1N=C(N)C(C#CC)=CN1[C@@H]1O[C@H](CCP(=C)(C)C)[C@@H](O)[C@H]1O.C=C1N=C(N)C(CCO)=CN1[C@@H]1O[C@H](CCP(=C)(C)C)[C@@H](O)[C@H]1O.C=P(C)(C)CC[C@H]1O[C@@H](N2C=CC(N)NC2=NCCCCC(C)C(=O)O)[C@H](O)[C@@H]1O.C=P(C)(C)CC[C@H]1O[C@@H](N2C=CC(N)NC2=NCCCCC(C)C(=O)OC(=O)OCC2c3ccccc3-c3ccccc32)[C@H](O)[C@@H]1O. The van der Waals surface area contributed by atoms with Crippen LogP contribution in [0.15, 0.2) is 141 Å². The summed E-state index contributed by atoms with van der Waals surface area (Å²) in [4.78, 5) is 59.9. The number of carbonyl (C=O) groups is 3. The van der Waals surface area contributed by atoms with Gasteiger partial charge in [0.1, 0.15) is 78.8 Å². The minimum absolute atomic E-state index is 0. The van der Waals surface area contributed by atoms with Crippen LogP contribution in [0.2, 0.25) is 0 Å². The van der Waals surface area contributed by atoms with Crippen molar-refractivity contribution in [3.8, 4) is 23.0 Å². The lowest BCUT2D eigenvalue weighted by Crippen LogP contribution is -2.56. The number of nitrogens with two attached hydrogens (primary N) is 4. The van der Waals surface area contributed by atoms with Crippen molar-refractivity contribution in [1.29, 1.82) is 0 Å². The summed E-state index contributed by atoms with van der Waals surface area (Å²) >= 11 is 0. The number of nitrogens with one attached hydrogen (secondary N) is 2. The number of aliphatic hydroxyl groups excluding tert-OH is 9. The summed E-state index contributed by atoms with van der Waals surface area (Å²) in [6, 6.07) is 16.1. The van der Waals surface area contributed by atoms with E-state index in [2.05, 4.69) is 146 Å². The van der Waals surface area contributed by atoms with Crippen LogP contribution >= 0.6 is 27.5 Å². The Bertz CT molecular complexity index is 4560. The van der Waals surface area contributed by atoms with Gasteiger partial charge < -0.3 is 123 Å². The molecule has 1 aliphatic carbocycles. The van der Waals surface area contributed by atoms with Crippen LogP contribution in [0.1, 0.15) is 116 Å². The van der Waals surface area contributed by atoms with E-state index in [9.17, 15) is 55.2 Å². The fourth-order valence-electron chi connectivity index (χ4n) is 15.1. The number of ether oxygens (including phenoxy) is 6. The number of unbranched alkanes of at least 4 members (excludes halogenated alkanes) is 2. The Kier molecular flexibility index (Phi) is 39.7. The second-order valence-corrected chi connectivity index (χ2v) is 53.0. The van der Waals surface area contributed by atoms with Gasteiger partial charge in [0, 0.05) is 62.4 Å². The molecule has 2 aromatic rings. The number of benzene rings is 2. The number of carbonyl (C=O) groups excluding carboxylic acids is 2. The minimum Gasteiger partial charge on any atom is -0.481 e. The number of esters is 1.